The summed E-state index contributed by atoms with van der Waals surface area (Å²) < 4.78 is 5.16. The van der Waals surface area contributed by atoms with E-state index in [4.69, 9.17) is 4.74 Å². The number of rotatable bonds is 3. The average molecular weight is 250 g/mol. The SMILES string of the molecule is Cc1cc(C)c(CNC(=O)[C@H]2CCOC2)c(=O)[nH]1. The fourth-order valence-corrected chi connectivity index (χ4v) is 2.16. The van der Waals surface area contributed by atoms with Gasteiger partial charge in [-0.2, -0.15) is 0 Å². The molecule has 2 rings (SSSR count). The Labute approximate surface area is 106 Å². The van der Waals surface area contributed by atoms with Crippen molar-refractivity contribution in [2.45, 2.75) is 26.8 Å². The minimum Gasteiger partial charge on any atom is -0.381 e. The van der Waals surface area contributed by atoms with E-state index in [1.54, 1.807) is 0 Å². The summed E-state index contributed by atoms with van der Waals surface area (Å²) in [6, 6.07) is 1.90. The fraction of sp³-hybridized carbons (Fsp3) is 0.538. The van der Waals surface area contributed by atoms with Gasteiger partial charge in [0.1, 0.15) is 0 Å². The van der Waals surface area contributed by atoms with E-state index in [0.717, 1.165) is 17.7 Å². The molecule has 0 spiro atoms. The van der Waals surface area contributed by atoms with Crippen molar-refractivity contribution in [2.75, 3.05) is 13.2 Å². The van der Waals surface area contributed by atoms with Crippen LogP contribution in [-0.4, -0.2) is 24.1 Å². The van der Waals surface area contributed by atoms with Gasteiger partial charge in [-0.3, -0.25) is 9.59 Å². The molecule has 1 aromatic heterocycles. The summed E-state index contributed by atoms with van der Waals surface area (Å²) in [6.07, 6.45) is 0.759. The number of aryl methyl sites for hydroxylation is 2. The molecular formula is C13H18N2O3. The first-order chi connectivity index (χ1) is 8.58. The van der Waals surface area contributed by atoms with Crippen LogP contribution in [0.25, 0.3) is 0 Å². The number of hydrogen-bond acceptors (Lipinski definition) is 3. The maximum Gasteiger partial charge on any atom is 0.253 e. The van der Waals surface area contributed by atoms with Gasteiger partial charge >= 0.3 is 0 Å². The Morgan fingerprint density at radius 3 is 2.94 bits per heavy atom. The molecule has 2 N–H and O–H groups in total. The normalized spacial score (nSPS) is 18.9. The maximum absolute atomic E-state index is 11.8. The molecule has 1 aliphatic heterocycles. The monoisotopic (exact) mass is 250 g/mol. The van der Waals surface area contributed by atoms with Crippen LogP contribution in [0.15, 0.2) is 10.9 Å². The largest absolute Gasteiger partial charge is 0.381 e. The van der Waals surface area contributed by atoms with Crippen molar-refractivity contribution in [3.8, 4) is 0 Å². The second kappa shape index (κ2) is 5.35. The minimum atomic E-state index is -0.129. The molecule has 98 valence electrons. The van der Waals surface area contributed by atoms with Crippen LogP contribution >= 0.6 is 0 Å². The van der Waals surface area contributed by atoms with Crippen molar-refractivity contribution in [3.05, 3.63) is 33.2 Å². The summed E-state index contributed by atoms with van der Waals surface area (Å²) in [4.78, 5) is 26.3. The highest BCUT2D eigenvalue weighted by Gasteiger charge is 2.23. The number of carbonyl (C=O) groups is 1. The number of nitrogens with one attached hydrogen (secondary N) is 2. The zero-order valence-electron chi connectivity index (χ0n) is 10.7. The molecule has 1 saturated heterocycles. The van der Waals surface area contributed by atoms with Gasteiger partial charge in [0, 0.05) is 24.4 Å². The van der Waals surface area contributed by atoms with E-state index in [9.17, 15) is 9.59 Å². The third-order valence-corrected chi connectivity index (χ3v) is 3.23. The molecule has 0 aliphatic carbocycles. The Hall–Kier alpha value is -1.62. The van der Waals surface area contributed by atoms with E-state index in [1.165, 1.54) is 0 Å². The van der Waals surface area contributed by atoms with Crippen LogP contribution in [0.2, 0.25) is 0 Å². The van der Waals surface area contributed by atoms with E-state index in [0.29, 0.717) is 18.8 Å². The van der Waals surface area contributed by atoms with Crippen molar-refractivity contribution in [1.29, 1.82) is 0 Å². The molecule has 1 aromatic rings. The zero-order valence-corrected chi connectivity index (χ0v) is 10.7. The van der Waals surface area contributed by atoms with Gasteiger partial charge in [0.05, 0.1) is 12.5 Å². The predicted molar refractivity (Wildman–Crippen MR) is 67.3 cm³/mol. The fourth-order valence-electron chi connectivity index (χ4n) is 2.16. The van der Waals surface area contributed by atoms with Gasteiger partial charge in [0.25, 0.3) is 5.56 Å². The van der Waals surface area contributed by atoms with E-state index >= 15 is 0 Å². The summed E-state index contributed by atoms with van der Waals surface area (Å²) in [5, 5.41) is 2.80. The quantitative estimate of drug-likeness (QED) is 0.827. The molecule has 0 bridgehead atoms. The molecule has 0 radical (unpaired) electrons. The van der Waals surface area contributed by atoms with Gasteiger partial charge in [-0.05, 0) is 31.9 Å². The van der Waals surface area contributed by atoms with Gasteiger partial charge in [-0.15, -0.1) is 0 Å². The van der Waals surface area contributed by atoms with Crippen LogP contribution in [0.4, 0.5) is 0 Å². The van der Waals surface area contributed by atoms with Crippen molar-refractivity contribution in [1.82, 2.24) is 10.3 Å². The maximum atomic E-state index is 11.8. The van der Waals surface area contributed by atoms with Gasteiger partial charge in [-0.1, -0.05) is 0 Å². The molecule has 5 heteroatoms. The summed E-state index contributed by atoms with van der Waals surface area (Å²) in [7, 11) is 0. The Bertz CT molecular complexity index is 501. The number of aromatic amines is 1. The van der Waals surface area contributed by atoms with Crippen molar-refractivity contribution in [2.24, 2.45) is 5.92 Å². The highest BCUT2D eigenvalue weighted by atomic mass is 16.5. The molecule has 18 heavy (non-hydrogen) atoms. The molecule has 5 nitrogen and oxygen atoms in total. The minimum absolute atomic E-state index is 0.0353. The molecule has 1 aliphatic rings. The summed E-state index contributed by atoms with van der Waals surface area (Å²) in [5.74, 6) is -0.110. The lowest BCUT2D eigenvalue weighted by Crippen LogP contribution is -2.33. The number of ether oxygens (including phenoxy) is 1. The summed E-state index contributed by atoms with van der Waals surface area (Å²) in [5.41, 5.74) is 2.22. The van der Waals surface area contributed by atoms with E-state index in [1.807, 2.05) is 19.9 Å². The van der Waals surface area contributed by atoms with Crippen LogP contribution < -0.4 is 10.9 Å². The molecule has 1 atom stereocenters. The van der Waals surface area contributed by atoms with Crippen LogP contribution in [0.3, 0.4) is 0 Å². The van der Waals surface area contributed by atoms with Crippen LogP contribution in [0.1, 0.15) is 23.2 Å². The Balaban J connectivity index is 2.02. The first-order valence-electron chi connectivity index (χ1n) is 6.13. The summed E-state index contributed by atoms with van der Waals surface area (Å²) in [6.45, 7) is 5.11. The molecular weight excluding hydrogens is 232 g/mol. The first kappa shape index (κ1) is 12.8. The van der Waals surface area contributed by atoms with Gasteiger partial charge in [0.2, 0.25) is 5.91 Å². The molecule has 1 fully saturated rings. The first-order valence-corrected chi connectivity index (χ1v) is 6.13. The average Bonchev–Trinajstić information content (AvgIpc) is 2.80. The second-order valence-electron chi connectivity index (χ2n) is 4.72. The van der Waals surface area contributed by atoms with E-state index in [2.05, 4.69) is 10.3 Å². The Morgan fingerprint density at radius 2 is 2.33 bits per heavy atom. The molecule has 2 heterocycles. The summed E-state index contributed by atoms with van der Waals surface area (Å²) >= 11 is 0. The lowest BCUT2D eigenvalue weighted by Gasteiger charge is -2.10. The van der Waals surface area contributed by atoms with Crippen molar-refractivity contribution >= 4 is 5.91 Å². The van der Waals surface area contributed by atoms with Gasteiger partial charge in [0.15, 0.2) is 0 Å². The number of carbonyl (C=O) groups excluding carboxylic acids is 1. The zero-order chi connectivity index (χ0) is 13.1. The lowest BCUT2D eigenvalue weighted by atomic mass is 10.1. The topological polar surface area (TPSA) is 71.2 Å². The van der Waals surface area contributed by atoms with Gasteiger partial charge < -0.3 is 15.0 Å². The highest BCUT2D eigenvalue weighted by Crippen LogP contribution is 2.12. The Kier molecular flexibility index (Phi) is 3.81. The number of hydrogen-bond donors (Lipinski definition) is 2. The number of amides is 1. The second-order valence-corrected chi connectivity index (χ2v) is 4.72. The molecule has 0 unspecified atom stereocenters. The van der Waals surface area contributed by atoms with Crippen LogP contribution in [-0.2, 0) is 16.1 Å². The van der Waals surface area contributed by atoms with E-state index < -0.39 is 0 Å². The number of H-pyrrole nitrogens is 1. The highest BCUT2D eigenvalue weighted by molar-refractivity contribution is 5.79. The molecule has 0 saturated carbocycles. The third kappa shape index (κ3) is 2.79. The van der Waals surface area contributed by atoms with Crippen molar-refractivity contribution < 1.29 is 9.53 Å². The smallest absolute Gasteiger partial charge is 0.253 e. The third-order valence-electron chi connectivity index (χ3n) is 3.23. The standard InChI is InChI=1S/C13H18N2O3/c1-8-5-9(2)15-13(17)11(8)6-14-12(16)10-3-4-18-7-10/h5,10H,3-4,6-7H2,1-2H3,(H,14,16)(H,15,17)/t10-/m0/s1. The van der Waals surface area contributed by atoms with E-state index in [-0.39, 0.29) is 23.9 Å². The number of aromatic nitrogens is 1. The van der Waals surface area contributed by atoms with Crippen LogP contribution in [0, 0.1) is 19.8 Å². The van der Waals surface area contributed by atoms with Crippen molar-refractivity contribution in [3.63, 3.8) is 0 Å². The molecule has 0 aromatic carbocycles. The van der Waals surface area contributed by atoms with Crippen LogP contribution in [0.5, 0.6) is 0 Å². The number of pyridine rings is 1. The predicted octanol–water partition coefficient (Wildman–Crippen LogP) is 0.644. The Morgan fingerprint density at radius 1 is 1.56 bits per heavy atom. The molecule has 1 amide bonds. The van der Waals surface area contributed by atoms with Gasteiger partial charge in [-0.25, -0.2) is 0 Å². The lowest BCUT2D eigenvalue weighted by molar-refractivity contribution is -0.125.